The molecule has 1 fully saturated rings. The molecule has 4 nitrogen and oxygen atoms in total. The fourth-order valence-corrected chi connectivity index (χ4v) is 3.40. The average molecular weight is 276 g/mol. The second kappa shape index (κ2) is 5.73. The Morgan fingerprint density at radius 1 is 1.20 bits per heavy atom. The summed E-state index contributed by atoms with van der Waals surface area (Å²) in [5.74, 6) is 1.36. The quantitative estimate of drug-likeness (QED) is 0.917. The zero-order chi connectivity index (χ0) is 13.9. The number of benzene rings is 1. The highest BCUT2D eigenvalue weighted by molar-refractivity contribution is 5.68. The summed E-state index contributed by atoms with van der Waals surface area (Å²) in [5, 5.41) is 9.19. The maximum atomic E-state index is 11.2. The molecule has 0 radical (unpaired) electrons. The molecule has 0 spiro atoms. The Hall–Kier alpha value is -1.71. The van der Waals surface area contributed by atoms with Gasteiger partial charge in [0.25, 0.3) is 0 Å². The lowest BCUT2D eigenvalue weighted by Gasteiger charge is -2.25. The highest BCUT2D eigenvalue weighted by Crippen LogP contribution is 2.42. The second-order valence-corrected chi connectivity index (χ2v) is 5.65. The van der Waals surface area contributed by atoms with Gasteiger partial charge in [0, 0.05) is 0 Å². The van der Waals surface area contributed by atoms with Gasteiger partial charge in [-0.1, -0.05) is 18.9 Å². The molecule has 1 N–H and O–H groups in total. The van der Waals surface area contributed by atoms with Crippen LogP contribution in [0.15, 0.2) is 18.2 Å². The van der Waals surface area contributed by atoms with Crippen LogP contribution in [-0.4, -0.2) is 24.3 Å². The molecule has 1 aliphatic carbocycles. The number of aliphatic carboxylic acids is 1. The van der Waals surface area contributed by atoms with Crippen LogP contribution in [0.4, 0.5) is 0 Å². The highest BCUT2D eigenvalue weighted by Gasteiger charge is 2.29. The van der Waals surface area contributed by atoms with Crippen molar-refractivity contribution in [2.24, 2.45) is 5.92 Å². The van der Waals surface area contributed by atoms with Gasteiger partial charge >= 0.3 is 5.97 Å². The molecule has 1 aromatic carbocycles. The lowest BCUT2D eigenvalue weighted by Crippen LogP contribution is -2.17. The van der Waals surface area contributed by atoms with Crippen molar-refractivity contribution in [3.05, 3.63) is 23.8 Å². The van der Waals surface area contributed by atoms with Gasteiger partial charge in [0.15, 0.2) is 11.5 Å². The minimum Gasteiger partial charge on any atom is -0.486 e. The van der Waals surface area contributed by atoms with Crippen LogP contribution in [0.3, 0.4) is 0 Å². The molecule has 1 aliphatic heterocycles. The van der Waals surface area contributed by atoms with Gasteiger partial charge in [-0.05, 0) is 42.4 Å². The van der Waals surface area contributed by atoms with Gasteiger partial charge in [-0.25, -0.2) is 0 Å². The van der Waals surface area contributed by atoms with E-state index in [0.29, 0.717) is 19.1 Å². The predicted octanol–water partition coefficient (Wildman–Crippen LogP) is 3.21. The van der Waals surface area contributed by atoms with Crippen molar-refractivity contribution in [2.75, 3.05) is 13.2 Å². The van der Waals surface area contributed by atoms with Gasteiger partial charge in [-0.15, -0.1) is 0 Å². The van der Waals surface area contributed by atoms with E-state index in [-0.39, 0.29) is 12.3 Å². The number of carbonyl (C=O) groups is 1. The summed E-state index contributed by atoms with van der Waals surface area (Å²) in [6, 6.07) is 5.88. The molecule has 1 atom stereocenters. The fourth-order valence-electron chi connectivity index (χ4n) is 3.40. The van der Waals surface area contributed by atoms with E-state index in [4.69, 9.17) is 9.47 Å². The molecule has 0 bridgehead atoms. The molecule has 1 saturated carbocycles. The molecule has 0 aromatic heterocycles. The van der Waals surface area contributed by atoms with Crippen LogP contribution in [0.2, 0.25) is 0 Å². The molecular weight excluding hydrogens is 256 g/mol. The third-order valence-electron chi connectivity index (χ3n) is 4.36. The Morgan fingerprint density at radius 3 is 2.60 bits per heavy atom. The zero-order valence-corrected chi connectivity index (χ0v) is 11.5. The maximum absolute atomic E-state index is 11.2. The van der Waals surface area contributed by atoms with Gasteiger partial charge in [0.1, 0.15) is 13.2 Å². The number of carboxylic acids is 1. The minimum absolute atomic E-state index is 0.0887. The van der Waals surface area contributed by atoms with E-state index in [1.165, 1.54) is 12.8 Å². The lowest BCUT2D eigenvalue weighted by molar-refractivity contribution is -0.137. The van der Waals surface area contributed by atoms with Crippen molar-refractivity contribution >= 4 is 5.97 Å². The molecule has 108 valence electrons. The van der Waals surface area contributed by atoms with E-state index in [0.717, 1.165) is 29.9 Å². The van der Waals surface area contributed by atoms with E-state index in [2.05, 4.69) is 0 Å². The Bertz CT molecular complexity index is 491. The number of carboxylic acid groups (broad SMARTS) is 1. The molecular formula is C16H20O4. The monoisotopic (exact) mass is 276 g/mol. The van der Waals surface area contributed by atoms with Crippen LogP contribution in [0, 0.1) is 5.92 Å². The zero-order valence-electron chi connectivity index (χ0n) is 11.5. The first-order valence-electron chi connectivity index (χ1n) is 7.35. The second-order valence-electron chi connectivity index (χ2n) is 5.65. The molecule has 2 aliphatic rings. The van der Waals surface area contributed by atoms with Crippen molar-refractivity contribution in [1.82, 2.24) is 0 Å². The fraction of sp³-hybridized carbons (Fsp3) is 0.562. The van der Waals surface area contributed by atoms with E-state index < -0.39 is 5.97 Å². The molecule has 4 heteroatoms. The molecule has 1 heterocycles. The topological polar surface area (TPSA) is 55.8 Å². The van der Waals surface area contributed by atoms with E-state index >= 15 is 0 Å². The molecule has 1 unspecified atom stereocenters. The maximum Gasteiger partial charge on any atom is 0.303 e. The summed E-state index contributed by atoms with van der Waals surface area (Å²) in [7, 11) is 0. The van der Waals surface area contributed by atoms with E-state index in [1.807, 2.05) is 18.2 Å². The van der Waals surface area contributed by atoms with Gasteiger partial charge in [-0.2, -0.15) is 0 Å². The SMILES string of the molecule is O=C(O)CC(c1ccc2c(c1)OCCO2)C1CCCC1. The molecule has 0 saturated heterocycles. The first kappa shape index (κ1) is 13.3. The van der Waals surface area contributed by atoms with Crippen LogP contribution in [-0.2, 0) is 4.79 Å². The van der Waals surface area contributed by atoms with Crippen molar-refractivity contribution in [3.63, 3.8) is 0 Å². The summed E-state index contributed by atoms with van der Waals surface area (Å²) in [6.45, 7) is 1.14. The Labute approximate surface area is 118 Å². The van der Waals surface area contributed by atoms with E-state index in [1.54, 1.807) is 0 Å². The normalized spacial score (nSPS) is 19.8. The van der Waals surface area contributed by atoms with Gasteiger partial charge in [-0.3, -0.25) is 4.79 Å². The predicted molar refractivity (Wildman–Crippen MR) is 74.4 cm³/mol. The standard InChI is InChI=1S/C16H20O4/c17-16(18)10-13(11-3-1-2-4-11)12-5-6-14-15(9-12)20-8-7-19-14/h5-6,9,11,13H,1-4,7-8,10H2,(H,17,18). The van der Waals surface area contributed by atoms with Crippen molar-refractivity contribution in [1.29, 1.82) is 0 Å². The third kappa shape index (κ3) is 2.74. The summed E-state index contributed by atoms with van der Waals surface area (Å²) in [4.78, 5) is 11.2. The number of rotatable bonds is 4. The van der Waals surface area contributed by atoms with Gasteiger partial charge in [0.2, 0.25) is 0 Å². The summed E-state index contributed by atoms with van der Waals surface area (Å²) >= 11 is 0. The number of hydrogen-bond donors (Lipinski definition) is 1. The first-order valence-corrected chi connectivity index (χ1v) is 7.35. The van der Waals surface area contributed by atoms with Crippen LogP contribution in [0.25, 0.3) is 0 Å². The van der Waals surface area contributed by atoms with Crippen LogP contribution >= 0.6 is 0 Å². The smallest absolute Gasteiger partial charge is 0.303 e. The molecule has 3 rings (SSSR count). The van der Waals surface area contributed by atoms with Gasteiger partial charge in [0.05, 0.1) is 6.42 Å². The van der Waals surface area contributed by atoms with Gasteiger partial charge < -0.3 is 14.6 Å². The van der Waals surface area contributed by atoms with Crippen molar-refractivity contribution < 1.29 is 19.4 Å². The van der Waals surface area contributed by atoms with E-state index in [9.17, 15) is 9.90 Å². The molecule has 0 amide bonds. The Morgan fingerprint density at radius 2 is 1.90 bits per heavy atom. The largest absolute Gasteiger partial charge is 0.486 e. The molecule has 1 aromatic rings. The van der Waals surface area contributed by atoms with Crippen molar-refractivity contribution in [3.8, 4) is 11.5 Å². The minimum atomic E-state index is -0.725. The number of fused-ring (bicyclic) bond motifs is 1. The number of hydrogen-bond acceptors (Lipinski definition) is 3. The Kier molecular flexibility index (Phi) is 3.81. The third-order valence-corrected chi connectivity index (χ3v) is 4.36. The van der Waals surface area contributed by atoms with Crippen LogP contribution in [0.1, 0.15) is 43.6 Å². The number of ether oxygens (including phenoxy) is 2. The Balaban J connectivity index is 1.87. The summed E-state index contributed by atoms with van der Waals surface area (Å²) in [6.07, 6.45) is 4.89. The van der Waals surface area contributed by atoms with Crippen molar-refractivity contribution in [2.45, 2.75) is 38.0 Å². The highest BCUT2D eigenvalue weighted by atomic mass is 16.6. The van der Waals surface area contributed by atoms with Crippen LogP contribution < -0.4 is 9.47 Å². The average Bonchev–Trinajstić information content (AvgIpc) is 2.98. The first-order chi connectivity index (χ1) is 9.74. The molecule has 20 heavy (non-hydrogen) atoms. The van der Waals surface area contributed by atoms with Crippen LogP contribution in [0.5, 0.6) is 11.5 Å². The summed E-state index contributed by atoms with van der Waals surface area (Å²) in [5.41, 5.74) is 1.07. The summed E-state index contributed by atoms with van der Waals surface area (Å²) < 4.78 is 11.1. The lowest BCUT2D eigenvalue weighted by atomic mass is 9.82.